The smallest absolute Gasteiger partial charge is 0.332 e. The lowest BCUT2D eigenvalue weighted by molar-refractivity contribution is -0.151. The van der Waals surface area contributed by atoms with E-state index in [0.29, 0.717) is 12.0 Å². The molecule has 0 saturated carbocycles. The molecule has 24 heavy (non-hydrogen) atoms. The summed E-state index contributed by atoms with van der Waals surface area (Å²) in [5, 5.41) is 0. The van der Waals surface area contributed by atoms with Crippen LogP contribution in [0.4, 0.5) is 0 Å². The van der Waals surface area contributed by atoms with Gasteiger partial charge in [0.05, 0.1) is 11.6 Å². The van der Waals surface area contributed by atoms with Gasteiger partial charge in [-0.2, -0.15) is 0 Å². The van der Waals surface area contributed by atoms with Crippen LogP contribution in [-0.2, 0) is 14.3 Å². The quantitative estimate of drug-likeness (QED) is 0.654. The number of hydrogen-bond donors (Lipinski definition) is 0. The number of cyclic esters (lactones) is 1. The second-order valence-electron chi connectivity index (χ2n) is 7.47. The average molecular weight is 338 g/mol. The first-order valence-corrected chi connectivity index (χ1v) is 9.68. The van der Waals surface area contributed by atoms with Crippen molar-refractivity contribution in [2.45, 2.75) is 84.5 Å². The van der Waals surface area contributed by atoms with Crippen molar-refractivity contribution in [3.63, 3.8) is 0 Å². The second-order valence-corrected chi connectivity index (χ2v) is 7.47. The predicted octanol–water partition coefficient (Wildman–Crippen LogP) is 4.15. The number of esters is 1. The molecule has 0 amide bonds. The molecular weight excluding hydrogens is 302 g/mol. The molecular formula is C20H35NO3. The Balaban J connectivity index is 2.32. The minimum atomic E-state index is -0.185. The summed E-state index contributed by atoms with van der Waals surface area (Å²) in [6.07, 6.45) is 6.98. The highest BCUT2D eigenvalue weighted by molar-refractivity contribution is 5.84. The average Bonchev–Trinajstić information content (AvgIpc) is 3.08. The highest BCUT2D eigenvalue weighted by Gasteiger charge is 2.45. The first kappa shape index (κ1) is 19.3. The van der Waals surface area contributed by atoms with Gasteiger partial charge in [-0.3, -0.25) is 0 Å². The van der Waals surface area contributed by atoms with Gasteiger partial charge in [-0.15, -0.1) is 0 Å². The minimum absolute atomic E-state index is 0.0241. The third-order valence-electron chi connectivity index (χ3n) is 6.48. The van der Waals surface area contributed by atoms with Crippen molar-refractivity contribution in [3.05, 3.63) is 11.8 Å². The SMILES string of the molecule is CC[C@H](C)[C@H]1OC(=O)C=C(N2CCC[C@H]2C(CC)(CC)OC)[C@H]1C. The Morgan fingerprint density at radius 3 is 2.58 bits per heavy atom. The molecule has 0 unspecified atom stereocenters. The van der Waals surface area contributed by atoms with E-state index < -0.39 is 0 Å². The number of hydrogen-bond acceptors (Lipinski definition) is 4. The van der Waals surface area contributed by atoms with E-state index >= 15 is 0 Å². The molecule has 0 aromatic carbocycles. The van der Waals surface area contributed by atoms with Crippen LogP contribution in [0.15, 0.2) is 11.8 Å². The van der Waals surface area contributed by atoms with Gasteiger partial charge < -0.3 is 14.4 Å². The molecule has 0 bridgehead atoms. The molecule has 2 heterocycles. The Bertz CT molecular complexity index is 461. The van der Waals surface area contributed by atoms with E-state index in [-0.39, 0.29) is 23.6 Å². The molecule has 0 radical (unpaired) electrons. The van der Waals surface area contributed by atoms with Gasteiger partial charge >= 0.3 is 5.97 Å². The Labute approximate surface area is 147 Å². The Hall–Kier alpha value is -1.03. The fourth-order valence-corrected chi connectivity index (χ4v) is 4.65. The molecule has 2 rings (SSSR count). The fourth-order valence-electron chi connectivity index (χ4n) is 4.65. The lowest BCUT2D eigenvalue weighted by Crippen LogP contribution is -2.52. The molecule has 4 heteroatoms. The Kier molecular flexibility index (Phi) is 6.35. The van der Waals surface area contributed by atoms with E-state index in [2.05, 4.69) is 39.5 Å². The summed E-state index contributed by atoms with van der Waals surface area (Å²) in [7, 11) is 1.83. The van der Waals surface area contributed by atoms with E-state index in [1.807, 2.05) is 7.11 Å². The van der Waals surface area contributed by atoms with Crippen molar-refractivity contribution in [1.82, 2.24) is 4.90 Å². The first-order chi connectivity index (χ1) is 11.4. The monoisotopic (exact) mass is 337 g/mol. The van der Waals surface area contributed by atoms with Crippen LogP contribution >= 0.6 is 0 Å². The fraction of sp³-hybridized carbons (Fsp3) is 0.850. The lowest BCUT2D eigenvalue weighted by Gasteiger charge is -2.46. The topological polar surface area (TPSA) is 38.8 Å². The second kappa shape index (κ2) is 7.90. The third-order valence-corrected chi connectivity index (χ3v) is 6.48. The summed E-state index contributed by atoms with van der Waals surface area (Å²) in [4.78, 5) is 14.7. The zero-order chi connectivity index (χ0) is 17.9. The van der Waals surface area contributed by atoms with Gasteiger partial charge in [0, 0.05) is 31.3 Å². The van der Waals surface area contributed by atoms with Gasteiger partial charge in [0.25, 0.3) is 0 Å². The van der Waals surface area contributed by atoms with E-state index in [1.54, 1.807) is 6.08 Å². The standard InChI is InChI=1S/C20H35NO3/c1-7-14(4)19-15(5)16(13-18(22)24-19)21-12-10-11-17(21)20(8-2,9-3)23-6/h13-15,17,19H,7-12H2,1-6H3/t14-,15+,17-,19+/m0/s1. The van der Waals surface area contributed by atoms with Crippen LogP contribution in [0.2, 0.25) is 0 Å². The Morgan fingerprint density at radius 1 is 1.38 bits per heavy atom. The van der Waals surface area contributed by atoms with Crippen molar-refractivity contribution in [1.29, 1.82) is 0 Å². The predicted molar refractivity (Wildman–Crippen MR) is 96.6 cm³/mol. The highest BCUT2D eigenvalue weighted by atomic mass is 16.5. The summed E-state index contributed by atoms with van der Waals surface area (Å²) in [6, 6.07) is 0.342. The van der Waals surface area contributed by atoms with Gasteiger partial charge in [-0.05, 0) is 31.6 Å². The molecule has 0 spiro atoms. The van der Waals surface area contributed by atoms with E-state index in [4.69, 9.17) is 9.47 Å². The van der Waals surface area contributed by atoms with Crippen LogP contribution in [-0.4, -0.2) is 42.3 Å². The molecule has 4 atom stereocenters. The van der Waals surface area contributed by atoms with Gasteiger partial charge in [-0.25, -0.2) is 4.79 Å². The molecule has 0 aromatic heterocycles. The summed E-state index contributed by atoms with van der Waals surface area (Å²) in [6.45, 7) is 12.0. The van der Waals surface area contributed by atoms with E-state index in [9.17, 15) is 4.79 Å². The van der Waals surface area contributed by atoms with Gasteiger partial charge in [0.2, 0.25) is 0 Å². The van der Waals surface area contributed by atoms with Crippen molar-refractivity contribution < 1.29 is 14.3 Å². The molecule has 2 aliphatic heterocycles. The number of ether oxygens (including phenoxy) is 2. The van der Waals surface area contributed by atoms with Crippen LogP contribution in [0, 0.1) is 11.8 Å². The maximum absolute atomic E-state index is 12.2. The maximum atomic E-state index is 12.2. The van der Waals surface area contributed by atoms with Crippen LogP contribution in [0.1, 0.15) is 66.7 Å². The summed E-state index contributed by atoms with van der Waals surface area (Å²) in [5.74, 6) is 0.426. The normalized spacial score (nSPS) is 29.4. The molecule has 0 N–H and O–H groups in total. The third kappa shape index (κ3) is 3.35. The molecule has 0 aliphatic carbocycles. The summed E-state index contributed by atoms with van der Waals surface area (Å²) in [5.41, 5.74) is 1.02. The zero-order valence-corrected chi connectivity index (χ0v) is 16.3. The van der Waals surface area contributed by atoms with E-state index in [0.717, 1.165) is 44.3 Å². The number of carbonyl (C=O) groups excluding carboxylic acids is 1. The Morgan fingerprint density at radius 2 is 2.04 bits per heavy atom. The largest absolute Gasteiger partial charge is 0.458 e. The summed E-state index contributed by atoms with van der Waals surface area (Å²) >= 11 is 0. The molecule has 1 fully saturated rings. The number of methoxy groups -OCH3 is 1. The van der Waals surface area contributed by atoms with Crippen LogP contribution in [0.5, 0.6) is 0 Å². The van der Waals surface area contributed by atoms with Crippen molar-refractivity contribution >= 4 is 5.97 Å². The molecule has 4 nitrogen and oxygen atoms in total. The molecule has 2 aliphatic rings. The van der Waals surface area contributed by atoms with Gasteiger partial charge in [0.1, 0.15) is 6.10 Å². The zero-order valence-electron chi connectivity index (χ0n) is 16.3. The van der Waals surface area contributed by atoms with E-state index in [1.165, 1.54) is 0 Å². The highest BCUT2D eigenvalue weighted by Crippen LogP contribution is 2.41. The van der Waals surface area contributed by atoms with Crippen LogP contribution in [0.3, 0.4) is 0 Å². The molecule has 0 aromatic rings. The van der Waals surface area contributed by atoms with Crippen molar-refractivity contribution in [3.8, 4) is 0 Å². The number of nitrogens with zero attached hydrogens (tertiary/aromatic N) is 1. The minimum Gasteiger partial charge on any atom is -0.458 e. The number of likely N-dealkylation sites (tertiary alicyclic amines) is 1. The van der Waals surface area contributed by atoms with Gasteiger partial charge in [-0.1, -0.05) is 41.0 Å². The lowest BCUT2D eigenvalue weighted by atomic mass is 9.83. The van der Waals surface area contributed by atoms with Crippen LogP contribution < -0.4 is 0 Å². The first-order valence-electron chi connectivity index (χ1n) is 9.68. The molecule has 138 valence electrons. The number of rotatable bonds is 7. The van der Waals surface area contributed by atoms with Crippen molar-refractivity contribution in [2.24, 2.45) is 11.8 Å². The van der Waals surface area contributed by atoms with Crippen molar-refractivity contribution in [2.75, 3.05) is 13.7 Å². The van der Waals surface area contributed by atoms with Gasteiger partial charge in [0.15, 0.2) is 0 Å². The molecule has 1 saturated heterocycles. The summed E-state index contributed by atoms with van der Waals surface area (Å²) < 4.78 is 11.7. The van der Waals surface area contributed by atoms with Crippen LogP contribution in [0.25, 0.3) is 0 Å². The number of carbonyl (C=O) groups is 1. The maximum Gasteiger partial charge on any atom is 0.332 e.